The number of hydrogen-bond donors (Lipinski definition) is 1. The average Bonchev–Trinajstić information content (AvgIpc) is 2.41. The Hall–Kier alpha value is -1.06. The van der Waals surface area contributed by atoms with Crippen LogP contribution in [0.15, 0.2) is 18.2 Å². The van der Waals surface area contributed by atoms with E-state index >= 15 is 0 Å². The summed E-state index contributed by atoms with van der Waals surface area (Å²) >= 11 is 0. The molecule has 120 valence electrons. The molecule has 0 saturated heterocycles. The third kappa shape index (κ3) is 5.01. The van der Waals surface area contributed by atoms with Crippen molar-refractivity contribution < 1.29 is 9.84 Å². The Morgan fingerprint density at radius 1 is 1.24 bits per heavy atom. The summed E-state index contributed by atoms with van der Waals surface area (Å²) in [5, 5.41) is 9.30. The highest BCUT2D eigenvalue weighted by Crippen LogP contribution is 2.35. The standard InChI is InChI=1S/C18H31NO2/c1-7-12-21-17-9-8-14(13-15(17)18(2,3)4)16(10-11-20)19(5)6/h8-9,13,16,20H,7,10-12H2,1-6H3. The van der Waals surface area contributed by atoms with Gasteiger partial charge in [0.25, 0.3) is 0 Å². The predicted octanol–water partition coefficient (Wildman–Crippen LogP) is 3.76. The third-order valence-electron chi connectivity index (χ3n) is 3.68. The molecule has 0 radical (unpaired) electrons. The van der Waals surface area contributed by atoms with Gasteiger partial charge >= 0.3 is 0 Å². The van der Waals surface area contributed by atoms with Gasteiger partial charge in [-0.05, 0) is 55.6 Å². The van der Waals surface area contributed by atoms with Crippen LogP contribution in [-0.4, -0.2) is 37.3 Å². The van der Waals surface area contributed by atoms with E-state index in [9.17, 15) is 5.11 Å². The van der Waals surface area contributed by atoms with Crippen LogP contribution in [0.2, 0.25) is 0 Å². The summed E-state index contributed by atoms with van der Waals surface area (Å²) in [5.74, 6) is 0.981. The molecule has 1 unspecified atom stereocenters. The molecule has 0 bridgehead atoms. The van der Waals surface area contributed by atoms with Gasteiger partial charge in [-0.15, -0.1) is 0 Å². The summed E-state index contributed by atoms with van der Waals surface area (Å²) in [6, 6.07) is 6.68. The van der Waals surface area contributed by atoms with Crippen LogP contribution >= 0.6 is 0 Å². The first-order valence-corrected chi connectivity index (χ1v) is 7.85. The molecule has 0 saturated carbocycles. The molecule has 0 amide bonds. The lowest BCUT2D eigenvalue weighted by molar-refractivity contribution is 0.210. The zero-order valence-electron chi connectivity index (χ0n) is 14.4. The largest absolute Gasteiger partial charge is 0.493 e. The average molecular weight is 293 g/mol. The number of aliphatic hydroxyl groups is 1. The highest BCUT2D eigenvalue weighted by Gasteiger charge is 2.22. The second kappa shape index (κ2) is 7.81. The smallest absolute Gasteiger partial charge is 0.123 e. The minimum absolute atomic E-state index is 0.0369. The summed E-state index contributed by atoms with van der Waals surface area (Å²) in [5.41, 5.74) is 2.51. The third-order valence-corrected chi connectivity index (χ3v) is 3.68. The van der Waals surface area contributed by atoms with Crippen molar-refractivity contribution in [3.05, 3.63) is 29.3 Å². The van der Waals surface area contributed by atoms with Gasteiger partial charge in [-0.3, -0.25) is 0 Å². The van der Waals surface area contributed by atoms with Crippen LogP contribution in [0, 0.1) is 0 Å². The van der Waals surface area contributed by atoms with Crippen molar-refractivity contribution in [2.75, 3.05) is 27.3 Å². The maximum Gasteiger partial charge on any atom is 0.123 e. The molecule has 1 rings (SSSR count). The number of nitrogens with zero attached hydrogens (tertiary/aromatic N) is 1. The Labute approximate surface area is 129 Å². The molecule has 1 aromatic rings. The van der Waals surface area contributed by atoms with Crippen molar-refractivity contribution in [1.29, 1.82) is 0 Å². The molecule has 21 heavy (non-hydrogen) atoms. The lowest BCUT2D eigenvalue weighted by Gasteiger charge is -2.28. The number of hydrogen-bond acceptors (Lipinski definition) is 3. The summed E-state index contributed by atoms with van der Waals surface area (Å²) in [4.78, 5) is 2.16. The lowest BCUT2D eigenvalue weighted by Crippen LogP contribution is -2.22. The molecule has 0 heterocycles. The fourth-order valence-electron chi connectivity index (χ4n) is 2.52. The molecule has 0 aliphatic rings. The Balaban J connectivity index is 3.19. The van der Waals surface area contributed by atoms with Gasteiger partial charge in [0.15, 0.2) is 0 Å². The van der Waals surface area contributed by atoms with E-state index < -0.39 is 0 Å². The molecular weight excluding hydrogens is 262 g/mol. The maximum absolute atomic E-state index is 9.30. The van der Waals surface area contributed by atoms with Gasteiger partial charge in [0, 0.05) is 12.6 Å². The van der Waals surface area contributed by atoms with Crippen LogP contribution < -0.4 is 4.74 Å². The van der Waals surface area contributed by atoms with Gasteiger partial charge in [0.1, 0.15) is 5.75 Å². The van der Waals surface area contributed by atoms with Gasteiger partial charge in [-0.2, -0.15) is 0 Å². The number of rotatable bonds is 7. The number of ether oxygens (including phenoxy) is 1. The minimum Gasteiger partial charge on any atom is -0.493 e. The van der Waals surface area contributed by atoms with Gasteiger partial charge in [-0.1, -0.05) is 33.8 Å². The van der Waals surface area contributed by atoms with Crippen LogP contribution in [0.25, 0.3) is 0 Å². The molecule has 0 spiro atoms. The molecule has 0 aliphatic heterocycles. The van der Waals surface area contributed by atoms with E-state index in [-0.39, 0.29) is 18.1 Å². The van der Waals surface area contributed by atoms with E-state index in [1.807, 2.05) is 0 Å². The zero-order valence-corrected chi connectivity index (χ0v) is 14.4. The second-order valence-electron chi connectivity index (χ2n) is 6.85. The fraction of sp³-hybridized carbons (Fsp3) is 0.667. The molecule has 0 aromatic heterocycles. The Kier molecular flexibility index (Phi) is 6.69. The van der Waals surface area contributed by atoms with Crippen LogP contribution in [0.1, 0.15) is 57.7 Å². The highest BCUT2D eigenvalue weighted by atomic mass is 16.5. The van der Waals surface area contributed by atoms with Crippen molar-refractivity contribution in [3.8, 4) is 5.75 Å². The van der Waals surface area contributed by atoms with E-state index in [2.05, 4.69) is 64.9 Å². The van der Waals surface area contributed by atoms with E-state index in [4.69, 9.17) is 4.74 Å². The molecule has 3 nitrogen and oxygen atoms in total. The van der Waals surface area contributed by atoms with Crippen molar-refractivity contribution in [3.63, 3.8) is 0 Å². The molecule has 0 fully saturated rings. The first-order chi connectivity index (χ1) is 9.81. The fourth-order valence-corrected chi connectivity index (χ4v) is 2.52. The first-order valence-electron chi connectivity index (χ1n) is 7.85. The minimum atomic E-state index is 0.0369. The molecular formula is C18H31NO2. The van der Waals surface area contributed by atoms with Crippen LogP contribution in [0.4, 0.5) is 0 Å². The normalized spacial score (nSPS) is 13.5. The Morgan fingerprint density at radius 3 is 2.38 bits per heavy atom. The monoisotopic (exact) mass is 293 g/mol. The quantitative estimate of drug-likeness (QED) is 0.831. The van der Waals surface area contributed by atoms with Gasteiger partial charge in [0.2, 0.25) is 0 Å². The van der Waals surface area contributed by atoms with E-state index in [0.29, 0.717) is 0 Å². The number of aliphatic hydroxyl groups excluding tert-OH is 1. The summed E-state index contributed by atoms with van der Waals surface area (Å²) < 4.78 is 5.91. The molecule has 1 atom stereocenters. The zero-order chi connectivity index (χ0) is 16.0. The van der Waals surface area contributed by atoms with Crippen LogP contribution in [0.3, 0.4) is 0 Å². The molecule has 1 aromatic carbocycles. The Morgan fingerprint density at radius 2 is 1.90 bits per heavy atom. The van der Waals surface area contributed by atoms with E-state index in [0.717, 1.165) is 25.2 Å². The van der Waals surface area contributed by atoms with E-state index in [1.165, 1.54) is 11.1 Å². The molecule has 3 heteroatoms. The summed E-state index contributed by atoms with van der Waals surface area (Å²) in [6.07, 6.45) is 1.75. The van der Waals surface area contributed by atoms with Crippen molar-refractivity contribution in [1.82, 2.24) is 4.90 Å². The van der Waals surface area contributed by atoms with Crippen molar-refractivity contribution >= 4 is 0 Å². The number of benzene rings is 1. The second-order valence-corrected chi connectivity index (χ2v) is 6.85. The van der Waals surface area contributed by atoms with E-state index in [1.54, 1.807) is 0 Å². The predicted molar refractivity (Wildman–Crippen MR) is 89.1 cm³/mol. The highest BCUT2D eigenvalue weighted by molar-refractivity contribution is 5.42. The van der Waals surface area contributed by atoms with Gasteiger partial charge in [-0.25, -0.2) is 0 Å². The van der Waals surface area contributed by atoms with Crippen LogP contribution in [-0.2, 0) is 5.41 Å². The molecule has 1 N–H and O–H groups in total. The SMILES string of the molecule is CCCOc1ccc(C(CCO)N(C)C)cc1C(C)(C)C. The Bertz CT molecular complexity index is 435. The van der Waals surface area contributed by atoms with Gasteiger partial charge < -0.3 is 14.7 Å². The van der Waals surface area contributed by atoms with Gasteiger partial charge in [0.05, 0.1) is 6.61 Å². The van der Waals surface area contributed by atoms with Crippen LogP contribution in [0.5, 0.6) is 5.75 Å². The summed E-state index contributed by atoms with van der Waals surface area (Å²) in [7, 11) is 4.11. The topological polar surface area (TPSA) is 32.7 Å². The van der Waals surface area contributed by atoms with Crippen molar-refractivity contribution in [2.45, 2.75) is 52.0 Å². The van der Waals surface area contributed by atoms with Crippen molar-refractivity contribution in [2.24, 2.45) is 0 Å². The summed E-state index contributed by atoms with van der Waals surface area (Å²) in [6.45, 7) is 9.69. The first kappa shape index (κ1) is 18.0. The maximum atomic E-state index is 9.30. The molecule has 0 aliphatic carbocycles. The lowest BCUT2D eigenvalue weighted by atomic mass is 9.84.